The highest BCUT2D eigenvalue weighted by Gasteiger charge is 2.21. The number of aliphatic carboxylic acids is 1. The molecule has 0 saturated carbocycles. The van der Waals surface area contributed by atoms with Gasteiger partial charge >= 0.3 is 12.0 Å². The highest BCUT2D eigenvalue weighted by Crippen LogP contribution is 1.94. The number of ether oxygens (including phenoxy) is 1. The summed E-state index contributed by atoms with van der Waals surface area (Å²) in [6, 6.07) is -1.92. The van der Waals surface area contributed by atoms with Crippen molar-refractivity contribution >= 4 is 17.9 Å². The monoisotopic (exact) mass is 275 g/mol. The number of nitrogens with two attached hydrogens (primary N) is 1. The van der Waals surface area contributed by atoms with Crippen LogP contribution in [0.3, 0.4) is 0 Å². The molecule has 0 saturated heterocycles. The van der Waals surface area contributed by atoms with E-state index >= 15 is 0 Å². The maximum Gasteiger partial charge on any atom is 0.326 e. The van der Waals surface area contributed by atoms with Gasteiger partial charge < -0.3 is 26.2 Å². The second-order valence-electron chi connectivity index (χ2n) is 4.01. The fourth-order valence-electron chi connectivity index (χ4n) is 1.36. The van der Waals surface area contributed by atoms with Gasteiger partial charge in [0.25, 0.3) is 0 Å². The SMILES string of the molecule is COCCCCCNC(=O)N[C@H](CC(N)=O)C(=O)O. The van der Waals surface area contributed by atoms with Crippen LogP contribution >= 0.6 is 0 Å². The second-order valence-corrected chi connectivity index (χ2v) is 4.01. The Morgan fingerprint density at radius 2 is 1.95 bits per heavy atom. The number of urea groups is 1. The van der Waals surface area contributed by atoms with E-state index in [1.165, 1.54) is 0 Å². The van der Waals surface area contributed by atoms with E-state index in [4.69, 9.17) is 15.6 Å². The largest absolute Gasteiger partial charge is 0.480 e. The van der Waals surface area contributed by atoms with E-state index in [2.05, 4.69) is 10.6 Å². The van der Waals surface area contributed by atoms with E-state index in [1.54, 1.807) is 7.11 Å². The Labute approximate surface area is 111 Å². The molecule has 8 heteroatoms. The van der Waals surface area contributed by atoms with E-state index in [1.807, 2.05) is 0 Å². The van der Waals surface area contributed by atoms with Gasteiger partial charge in [-0.2, -0.15) is 0 Å². The molecule has 8 nitrogen and oxygen atoms in total. The standard InChI is InChI=1S/C11H21N3O5/c1-19-6-4-2-3-5-13-11(18)14-8(10(16)17)7-9(12)15/h8H,2-7H2,1H3,(H2,12,15)(H,16,17)(H2,13,14,18)/t8-/m1/s1. The fourth-order valence-corrected chi connectivity index (χ4v) is 1.36. The van der Waals surface area contributed by atoms with Crippen LogP contribution in [0.4, 0.5) is 4.79 Å². The van der Waals surface area contributed by atoms with Crippen LogP contribution in [0.25, 0.3) is 0 Å². The van der Waals surface area contributed by atoms with Crippen LogP contribution in [0.5, 0.6) is 0 Å². The summed E-state index contributed by atoms with van der Waals surface area (Å²) in [4.78, 5) is 32.8. The minimum atomic E-state index is -1.30. The number of carbonyl (C=O) groups is 3. The molecule has 5 N–H and O–H groups in total. The van der Waals surface area contributed by atoms with Crippen molar-refractivity contribution < 1.29 is 24.2 Å². The molecule has 0 spiro atoms. The molecular formula is C11H21N3O5. The lowest BCUT2D eigenvalue weighted by atomic mass is 10.2. The smallest absolute Gasteiger partial charge is 0.326 e. The Hall–Kier alpha value is -1.83. The molecule has 0 fully saturated rings. The van der Waals surface area contributed by atoms with Crippen LogP contribution in [0.2, 0.25) is 0 Å². The molecule has 1 atom stereocenters. The van der Waals surface area contributed by atoms with E-state index in [0.29, 0.717) is 13.2 Å². The molecule has 0 aliphatic heterocycles. The predicted octanol–water partition coefficient (Wildman–Crippen LogP) is -0.569. The summed E-state index contributed by atoms with van der Waals surface area (Å²) >= 11 is 0. The summed E-state index contributed by atoms with van der Waals surface area (Å²) in [7, 11) is 1.62. The van der Waals surface area contributed by atoms with Crippen molar-refractivity contribution in [3.63, 3.8) is 0 Å². The summed E-state index contributed by atoms with van der Waals surface area (Å²) < 4.78 is 4.88. The average molecular weight is 275 g/mol. The lowest BCUT2D eigenvalue weighted by Crippen LogP contribution is -2.47. The van der Waals surface area contributed by atoms with Crippen molar-refractivity contribution in [3.8, 4) is 0 Å². The molecule has 0 aromatic heterocycles. The first-order valence-electron chi connectivity index (χ1n) is 6.01. The topological polar surface area (TPSA) is 131 Å². The molecular weight excluding hydrogens is 254 g/mol. The van der Waals surface area contributed by atoms with Gasteiger partial charge in [-0.25, -0.2) is 9.59 Å². The minimum Gasteiger partial charge on any atom is -0.480 e. The number of primary amides is 1. The van der Waals surface area contributed by atoms with E-state index < -0.39 is 30.4 Å². The molecule has 0 aliphatic carbocycles. The number of rotatable bonds is 10. The number of unbranched alkanes of at least 4 members (excludes halogenated alkanes) is 2. The Balaban J connectivity index is 3.81. The van der Waals surface area contributed by atoms with Crippen molar-refractivity contribution in [2.45, 2.75) is 31.7 Å². The quantitative estimate of drug-likeness (QED) is 0.397. The normalized spacial score (nSPS) is 11.6. The highest BCUT2D eigenvalue weighted by molar-refractivity contribution is 5.87. The molecule has 0 aromatic rings. The van der Waals surface area contributed by atoms with Gasteiger partial charge in [-0.05, 0) is 19.3 Å². The fraction of sp³-hybridized carbons (Fsp3) is 0.727. The number of amides is 3. The molecule has 0 unspecified atom stereocenters. The lowest BCUT2D eigenvalue weighted by molar-refractivity contribution is -0.140. The Morgan fingerprint density at radius 1 is 1.26 bits per heavy atom. The molecule has 0 rings (SSSR count). The predicted molar refractivity (Wildman–Crippen MR) is 67.5 cm³/mol. The number of methoxy groups -OCH3 is 1. The van der Waals surface area contributed by atoms with Crippen LogP contribution in [0.1, 0.15) is 25.7 Å². The summed E-state index contributed by atoms with van der Waals surface area (Å²) in [5.74, 6) is -2.08. The first-order chi connectivity index (χ1) is 8.97. The Bertz CT molecular complexity index is 309. The molecule has 19 heavy (non-hydrogen) atoms. The van der Waals surface area contributed by atoms with Gasteiger partial charge in [0.15, 0.2) is 0 Å². The second kappa shape index (κ2) is 10.1. The van der Waals surface area contributed by atoms with Crippen LogP contribution < -0.4 is 16.4 Å². The number of hydrogen-bond donors (Lipinski definition) is 4. The third kappa shape index (κ3) is 9.83. The van der Waals surface area contributed by atoms with Crippen LogP contribution in [-0.2, 0) is 14.3 Å². The van der Waals surface area contributed by atoms with Gasteiger partial charge in [0.1, 0.15) is 6.04 Å². The molecule has 0 bridgehead atoms. The van der Waals surface area contributed by atoms with Crippen molar-refractivity contribution in [1.29, 1.82) is 0 Å². The Morgan fingerprint density at radius 3 is 2.47 bits per heavy atom. The molecule has 0 heterocycles. The van der Waals surface area contributed by atoms with Gasteiger partial charge in [0.05, 0.1) is 6.42 Å². The zero-order chi connectivity index (χ0) is 14.7. The van der Waals surface area contributed by atoms with Crippen molar-refractivity contribution in [2.24, 2.45) is 5.73 Å². The summed E-state index contributed by atoms with van der Waals surface area (Å²) in [5.41, 5.74) is 4.89. The average Bonchev–Trinajstić information content (AvgIpc) is 2.32. The molecule has 0 aliphatic rings. The van der Waals surface area contributed by atoms with E-state index in [0.717, 1.165) is 19.3 Å². The molecule has 0 radical (unpaired) electrons. The third-order valence-corrected chi connectivity index (χ3v) is 2.32. The third-order valence-electron chi connectivity index (χ3n) is 2.32. The van der Waals surface area contributed by atoms with Gasteiger partial charge in [-0.15, -0.1) is 0 Å². The van der Waals surface area contributed by atoms with Crippen molar-refractivity contribution in [1.82, 2.24) is 10.6 Å². The van der Waals surface area contributed by atoms with Crippen LogP contribution in [0, 0.1) is 0 Å². The summed E-state index contributed by atoms with van der Waals surface area (Å²) in [6.45, 7) is 1.10. The first-order valence-corrected chi connectivity index (χ1v) is 6.01. The van der Waals surface area contributed by atoms with Crippen molar-refractivity contribution in [3.05, 3.63) is 0 Å². The van der Waals surface area contributed by atoms with Crippen molar-refractivity contribution in [2.75, 3.05) is 20.3 Å². The van der Waals surface area contributed by atoms with Gasteiger partial charge in [-0.1, -0.05) is 0 Å². The van der Waals surface area contributed by atoms with Crippen LogP contribution in [0.15, 0.2) is 0 Å². The van der Waals surface area contributed by atoms with Crippen LogP contribution in [-0.4, -0.2) is 49.3 Å². The number of carbonyl (C=O) groups excluding carboxylic acids is 2. The van der Waals surface area contributed by atoms with E-state index in [-0.39, 0.29) is 0 Å². The zero-order valence-corrected chi connectivity index (χ0v) is 11.0. The zero-order valence-electron chi connectivity index (χ0n) is 11.0. The van der Waals surface area contributed by atoms with Gasteiger partial charge in [-0.3, -0.25) is 4.79 Å². The molecule has 0 aromatic carbocycles. The molecule has 3 amide bonds. The highest BCUT2D eigenvalue weighted by atomic mass is 16.5. The number of carboxylic acids is 1. The van der Waals surface area contributed by atoms with Gasteiger partial charge in [0, 0.05) is 20.3 Å². The number of carboxylic acid groups (broad SMARTS) is 1. The first kappa shape index (κ1) is 17.2. The maximum absolute atomic E-state index is 11.4. The maximum atomic E-state index is 11.4. The number of hydrogen-bond acceptors (Lipinski definition) is 4. The molecule has 110 valence electrons. The minimum absolute atomic E-state index is 0.429. The van der Waals surface area contributed by atoms with Gasteiger partial charge in [0.2, 0.25) is 5.91 Å². The summed E-state index contributed by atoms with van der Waals surface area (Å²) in [6.07, 6.45) is 2.14. The Kier molecular flexibility index (Phi) is 9.15. The van der Waals surface area contributed by atoms with E-state index in [9.17, 15) is 14.4 Å². The summed E-state index contributed by atoms with van der Waals surface area (Å²) in [5, 5.41) is 13.5. The number of nitrogens with one attached hydrogen (secondary N) is 2. The lowest BCUT2D eigenvalue weighted by Gasteiger charge is -2.13.